The Kier molecular flexibility index (Phi) is 8.11. The SMILES string of the molecule is CC(C)CC(c1ccc(CNCCC(=O)O)cc1)n1ncc2cc(-c3cc(Cl)cc(Cl)c3)ccc21. The maximum Gasteiger partial charge on any atom is 0.304 e. The summed E-state index contributed by atoms with van der Waals surface area (Å²) in [6.45, 7) is 5.54. The highest BCUT2D eigenvalue weighted by atomic mass is 35.5. The number of fused-ring (bicyclic) bond motifs is 1. The molecule has 1 unspecified atom stereocenters. The van der Waals surface area contributed by atoms with Crippen LogP contribution < -0.4 is 5.32 Å². The fourth-order valence-corrected chi connectivity index (χ4v) is 4.84. The van der Waals surface area contributed by atoms with Gasteiger partial charge in [0.05, 0.1) is 24.2 Å². The molecule has 0 aliphatic carbocycles. The molecular weight excluding hydrogens is 481 g/mol. The second-order valence-corrected chi connectivity index (χ2v) is 10.1. The van der Waals surface area contributed by atoms with E-state index in [4.69, 9.17) is 33.4 Å². The minimum Gasteiger partial charge on any atom is -0.481 e. The largest absolute Gasteiger partial charge is 0.481 e. The van der Waals surface area contributed by atoms with Gasteiger partial charge in [0.2, 0.25) is 0 Å². The molecule has 1 atom stereocenters. The van der Waals surface area contributed by atoms with E-state index in [-0.39, 0.29) is 12.5 Å². The lowest BCUT2D eigenvalue weighted by Crippen LogP contribution is -2.18. The Morgan fingerprint density at radius 2 is 1.71 bits per heavy atom. The number of hydrogen-bond donors (Lipinski definition) is 2. The molecule has 0 amide bonds. The Bertz CT molecular complexity index is 1300. The van der Waals surface area contributed by atoms with Gasteiger partial charge in [-0.05, 0) is 64.9 Å². The number of benzene rings is 3. The van der Waals surface area contributed by atoms with E-state index in [0.717, 1.165) is 34.0 Å². The van der Waals surface area contributed by atoms with Crippen molar-refractivity contribution in [3.63, 3.8) is 0 Å². The van der Waals surface area contributed by atoms with E-state index in [9.17, 15) is 4.79 Å². The highest BCUT2D eigenvalue weighted by Gasteiger charge is 2.19. The standard InChI is InChI=1S/C28H29Cl2N3O2/c1-18(2)11-27(20-5-3-19(4-6-20)16-31-10-9-28(34)35)33-26-8-7-21(12-23(26)17-32-33)22-13-24(29)15-25(30)14-22/h3-8,12-15,17-18,27,31H,9-11,16H2,1-2H3,(H,34,35). The van der Waals surface area contributed by atoms with Gasteiger partial charge in [0, 0.05) is 28.5 Å². The highest BCUT2D eigenvalue weighted by molar-refractivity contribution is 6.35. The monoisotopic (exact) mass is 509 g/mol. The van der Waals surface area contributed by atoms with Gasteiger partial charge in [-0.15, -0.1) is 0 Å². The van der Waals surface area contributed by atoms with E-state index in [0.29, 0.717) is 29.1 Å². The number of halogens is 2. The molecule has 4 aromatic rings. The maximum absolute atomic E-state index is 10.7. The van der Waals surface area contributed by atoms with Crippen LogP contribution in [0.3, 0.4) is 0 Å². The van der Waals surface area contributed by atoms with Crippen LogP contribution in [0.5, 0.6) is 0 Å². The van der Waals surface area contributed by atoms with Crippen LogP contribution in [-0.4, -0.2) is 27.4 Å². The zero-order chi connectivity index (χ0) is 24.9. The van der Waals surface area contributed by atoms with Crippen LogP contribution >= 0.6 is 23.2 Å². The summed E-state index contributed by atoms with van der Waals surface area (Å²) in [5.41, 5.74) is 5.42. The molecule has 0 aliphatic heterocycles. The molecule has 0 bridgehead atoms. The van der Waals surface area contributed by atoms with Gasteiger partial charge in [0.1, 0.15) is 0 Å². The van der Waals surface area contributed by atoms with Crippen LogP contribution in [0.4, 0.5) is 0 Å². The summed E-state index contributed by atoms with van der Waals surface area (Å²) < 4.78 is 2.12. The van der Waals surface area contributed by atoms with Crippen molar-refractivity contribution in [2.45, 2.75) is 39.3 Å². The van der Waals surface area contributed by atoms with Gasteiger partial charge in [-0.3, -0.25) is 9.48 Å². The summed E-state index contributed by atoms with van der Waals surface area (Å²) in [6, 6.07) is 20.5. The molecule has 1 aromatic heterocycles. The van der Waals surface area contributed by atoms with Gasteiger partial charge in [0.25, 0.3) is 0 Å². The summed E-state index contributed by atoms with van der Waals surface area (Å²) in [7, 11) is 0. The van der Waals surface area contributed by atoms with Crippen molar-refractivity contribution in [2.24, 2.45) is 5.92 Å². The first kappa shape index (κ1) is 25.2. The molecule has 0 radical (unpaired) electrons. The second-order valence-electron chi connectivity index (χ2n) is 9.23. The first-order chi connectivity index (χ1) is 16.8. The second kappa shape index (κ2) is 11.3. The number of carboxylic acids is 1. The van der Waals surface area contributed by atoms with Crippen LogP contribution in [0.1, 0.15) is 43.9 Å². The number of hydrogen-bond acceptors (Lipinski definition) is 3. The van der Waals surface area contributed by atoms with E-state index in [1.54, 1.807) is 6.07 Å². The molecule has 182 valence electrons. The molecule has 0 spiro atoms. The van der Waals surface area contributed by atoms with Crippen LogP contribution in [0, 0.1) is 5.92 Å². The van der Waals surface area contributed by atoms with Crippen LogP contribution in [0.15, 0.2) is 66.9 Å². The lowest BCUT2D eigenvalue weighted by atomic mass is 9.96. The van der Waals surface area contributed by atoms with Crippen molar-refractivity contribution in [2.75, 3.05) is 6.54 Å². The summed E-state index contributed by atoms with van der Waals surface area (Å²) in [5.74, 6) is -0.302. The van der Waals surface area contributed by atoms with E-state index in [1.165, 1.54) is 5.56 Å². The van der Waals surface area contributed by atoms with Crippen LogP contribution in [0.25, 0.3) is 22.0 Å². The van der Waals surface area contributed by atoms with Gasteiger partial charge >= 0.3 is 5.97 Å². The first-order valence-corrected chi connectivity index (χ1v) is 12.5. The Balaban J connectivity index is 1.60. The maximum atomic E-state index is 10.7. The lowest BCUT2D eigenvalue weighted by molar-refractivity contribution is -0.136. The normalized spacial score (nSPS) is 12.4. The van der Waals surface area contributed by atoms with Crippen molar-refractivity contribution in [1.82, 2.24) is 15.1 Å². The number of carbonyl (C=O) groups is 1. The van der Waals surface area contributed by atoms with Gasteiger partial charge in [0.15, 0.2) is 0 Å². The molecule has 3 aromatic carbocycles. The smallest absolute Gasteiger partial charge is 0.304 e. The van der Waals surface area contributed by atoms with E-state index in [1.807, 2.05) is 18.3 Å². The molecule has 35 heavy (non-hydrogen) atoms. The molecule has 4 rings (SSSR count). The number of aliphatic carboxylic acids is 1. The third-order valence-electron chi connectivity index (χ3n) is 5.99. The molecular formula is C28H29Cl2N3O2. The number of nitrogens with one attached hydrogen (secondary N) is 1. The topological polar surface area (TPSA) is 67.2 Å². The number of rotatable bonds is 10. The minimum absolute atomic E-state index is 0.105. The third kappa shape index (κ3) is 6.43. The fourth-order valence-electron chi connectivity index (χ4n) is 4.31. The van der Waals surface area contributed by atoms with Crippen molar-refractivity contribution >= 4 is 40.1 Å². The van der Waals surface area contributed by atoms with Crippen molar-refractivity contribution in [3.8, 4) is 11.1 Å². The third-order valence-corrected chi connectivity index (χ3v) is 6.43. The van der Waals surface area contributed by atoms with Crippen molar-refractivity contribution in [3.05, 3.63) is 88.0 Å². The summed E-state index contributed by atoms with van der Waals surface area (Å²) >= 11 is 12.4. The predicted molar refractivity (Wildman–Crippen MR) is 143 cm³/mol. The Hall–Kier alpha value is -2.86. The van der Waals surface area contributed by atoms with Crippen molar-refractivity contribution < 1.29 is 9.90 Å². The van der Waals surface area contributed by atoms with E-state index < -0.39 is 5.97 Å². The van der Waals surface area contributed by atoms with Gasteiger partial charge in [-0.2, -0.15) is 5.10 Å². The quantitative estimate of drug-likeness (QED) is 0.221. The minimum atomic E-state index is -0.792. The van der Waals surface area contributed by atoms with E-state index >= 15 is 0 Å². The lowest BCUT2D eigenvalue weighted by Gasteiger charge is -2.22. The van der Waals surface area contributed by atoms with Gasteiger partial charge in [-0.25, -0.2) is 0 Å². The average molecular weight is 510 g/mol. The Morgan fingerprint density at radius 1 is 1.00 bits per heavy atom. The van der Waals surface area contributed by atoms with E-state index in [2.05, 4.69) is 66.3 Å². The number of aromatic nitrogens is 2. The molecule has 0 fully saturated rings. The number of carboxylic acid groups (broad SMARTS) is 1. The Morgan fingerprint density at radius 3 is 2.37 bits per heavy atom. The molecule has 0 saturated heterocycles. The predicted octanol–water partition coefficient (Wildman–Crippen LogP) is 7.21. The summed E-state index contributed by atoms with van der Waals surface area (Å²) in [6.07, 6.45) is 2.99. The zero-order valence-electron chi connectivity index (χ0n) is 19.8. The fraction of sp³-hybridized carbons (Fsp3) is 0.286. The summed E-state index contributed by atoms with van der Waals surface area (Å²) in [4.78, 5) is 10.7. The Labute approximate surface area is 215 Å². The van der Waals surface area contributed by atoms with Crippen LogP contribution in [-0.2, 0) is 11.3 Å². The highest BCUT2D eigenvalue weighted by Crippen LogP contribution is 2.33. The first-order valence-electron chi connectivity index (χ1n) is 11.7. The molecule has 1 heterocycles. The zero-order valence-corrected chi connectivity index (χ0v) is 21.4. The molecule has 5 nitrogen and oxygen atoms in total. The molecule has 7 heteroatoms. The van der Waals surface area contributed by atoms with Gasteiger partial charge < -0.3 is 10.4 Å². The molecule has 0 aliphatic rings. The molecule has 2 N–H and O–H groups in total. The average Bonchev–Trinajstić information content (AvgIpc) is 3.23. The van der Waals surface area contributed by atoms with Crippen LogP contribution in [0.2, 0.25) is 10.0 Å². The molecule has 0 saturated carbocycles. The summed E-state index contributed by atoms with van der Waals surface area (Å²) in [5, 5.41) is 19.0. The van der Waals surface area contributed by atoms with Gasteiger partial charge in [-0.1, -0.05) is 67.4 Å². The van der Waals surface area contributed by atoms with Crippen molar-refractivity contribution in [1.29, 1.82) is 0 Å². The number of nitrogens with zero attached hydrogens (tertiary/aromatic N) is 2.